The summed E-state index contributed by atoms with van der Waals surface area (Å²) < 4.78 is 19.9. The van der Waals surface area contributed by atoms with E-state index in [0.717, 1.165) is 0 Å². The Morgan fingerprint density at radius 2 is 2.47 bits per heavy atom. The second-order valence-electron chi connectivity index (χ2n) is 3.09. The van der Waals surface area contributed by atoms with Gasteiger partial charge in [0.2, 0.25) is 5.76 Å². The standard InChI is InChI=1S/C12H14O5/c1-4-6-11(10(5-2)14-3)15-7-9-8-16-12(13)17-9/h4,6,9H,1-2,7-8H2,3H3/b11-6+. The molecule has 1 fully saturated rings. The summed E-state index contributed by atoms with van der Waals surface area (Å²) in [7, 11) is 1.48. The molecule has 0 radical (unpaired) electrons. The van der Waals surface area contributed by atoms with E-state index in [-0.39, 0.29) is 13.2 Å². The van der Waals surface area contributed by atoms with Gasteiger partial charge in [0.1, 0.15) is 13.2 Å². The normalized spacial score (nSPS) is 18.8. The smallest absolute Gasteiger partial charge is 0.486 e. The van der Waals surface area contributed by atoms with Crippen LogP contribution in [0.3, 0.4) is 0 Å². The first-order chi connectivity index (χ1) is 8.21. The van der Waals surface area contributed by atoms with Gasteiger partial charge in [0.05, 0.1) is 7.11 Å². The SMILES string of the molecule is C=C=C(OC)/C(=C\C=C)OCC1COC(=O)O1. The molecule has 1 unspecified atom stereocenters. The lowest BCUT2D eigenvalue weighted by Crippen LogP contribution is -2.18. The van der Waals surface area contributed by atoms with E-state index >= 15 is 0 Å². The van der Waals surface area contributed by atoms with Gasteiger partial charge in [0, 0.05) is 0 Å². The van der Waals surface area contributed by atoms with Gasteiger partial charge in [-0.05, 0) is 6.08 Å². The Balaban J connectivity index is 2.56. The summed E-state index contributed by atoms with van der Waals surface area (Å²) in [6, 6.07) is 0. The minimum atomic E-state index is -0.681. The molecule has 0 aromatic carbocycles. The van der Waals surface area contributed by atoms with Crippen LogP contribution < -0.4 is 0 Å². The molecule has 1 heterocycles. The van der Waals surface area contributed by atoms with Crippen LogP contribution in [0.15, 0.2) is 42.6 Å². The fourth-order valence-corrected chi connectivity index (χ4v) is 1.19. The number of hydrogen-bond donors (Lipinski definition) is 0. The Bertz CT molecular complexity index is 376. The van der Waals surface area contributed by atoms with Crippen LogP contribution >= 0.6 is 0 Å². The molecule has 0 amide bonds. The van der Waals surface area contributed by atoms with Crippen LogP contribution in [0.25, 0.3) is 0 Å². The Hall–Kier alpha value is -2.13. The molecule has 1 aliphatic heterocycles. The molecule has 92 valence electrons. The van der Waals surface area contributed by atoms with E-state index in [0.29, 0.717) is 11.5 Å². The number of carbonyl (C=O) groups excluding carboxylic acids is 1. The minimum Gasteiger partial charge on any atom is -0.486 e. The third-order valence-electron chi connectivity index (χ3n) is 1.93. The zero-order valence-corrected chi connectivity index (χ0v) is 9.60. The van der Waals surface area contributed by atoms with E-state index in [1.165, 1.54) is 7.11 Å². The highest BCUT2D eigenvalue weighted by Crippen LogP contribution is 2.14. The van der Waals surface area contributed by atoms with Gasteiger partial charge in [-0.3, -0.25) is 0 Å². The second-order valence-corrected chi connectivity index (χ2v) is 3.09. The van der Waals surface area contributed by atoms with Crippen molar-refractivity contribution in [3.8, 4) is 0 Å². The Labute approximate surface area is 99.6 Å². The molecule has 0 aromatic rings. The molecule has 5 nitrogen and oxygen atoms in total. The van der Waals surface area contributed by atoms with Gasteiger partial charge in [-0.1, -0.05) is 25.0 Å². The predicted molar refractivity (Wildman–Crippen MR) is 60.1 cm³/mol. The zero-order chi connectivity index (χ0) is 12.7. The van der Waals surface area contributed by atoms with E-state index in [2.05, 4.69) is 23.6 Å². The number of carbonyl (C=O) groups is 1. The topological polar surface area (TPSA) is 54.0 Å². The highest BCUT2D eigenvalue weighted by atomic mass is 16.8. The van der Waals surface area contributed by atoms with Gasteiger partial charge in [0.15, 0.2) is 11.9 Å². The number of ether oxygens (including phenoxy) is 4. The van der Waals surface area contributed by atoms with Crippen molar-refractivity contribution in [3.63, 3.8) is 0 Å². The number of methoxy groups -OCH3 is 1. The quantitative estimate of drug-likeness (QED) is 0.306. The molecule has 1 atom stereocenters. The fourth-order valence-electron chi connectivity index (χ4n) is 1.19. The first-order valence-corrected chi connectivity index (χ1v) is 4.94. The van der Waals surface area contributed by atoms with Gasteiger partial charge in [-0.2, -0.15) is 0 Å². The second kappa shape index (κ2) is 6.45. The molecule has 0 aliphatic carbocycles. The van der Waals surface area contributed by atoms with Crippen molar-refractivity contribution in [1.29, 1.82) is 0 Å². The van der Waals surface area contributed by atoms with Crippen molar-refractivity contribution in [2.24, 2.45) is 0 Å². The van der Waals surface area contributed by atoms with Crippen molar-refractivity contribution in [3.05, 3.63) is 42.6 Å². The van der Waals surface area contributed by atoms with Crippen LogP contribution in [0.1, 0.15) is 0 Å². The lowest BCUT2D eigenvalue weighted by molar-refractivity contribution is 0.0717. The summed E-state index contributed by atoms with van der Waals surface area (Å²) >= 11 is 0. The van der Waals surface area contributed by atoms with E-state index < -0.39 is 12.3 Å². The van der Waals surface area contributed by atoms with Gasteiger partial charge in [-0.25, -0.2) is 4.79 Å². The summed E-state index contributed by atoms with van der Waals surface area (Å²) in [5, 5.41) is 0. The van der Waals surface area contributed by atoms with Gasteiger partial charge in [-0.15, -0.1) is 0 Å². The van der Waals surface area contributed by atoms with Gasteiger partial charge >= 0.3 is 6.16 Å². The van der Waals surface area contributed by atoms with Crippen LogP contribution in [0, 0.1) is 0 Å². The molecule has 17 heavy (non-hydrogen) atoms. The number of allylic oxidation sites excluding steroid dienone is 2. The molecule has 5 heteroatoms. The lowest BCUT2D eigenvalue weighted by atomic mass is 10.3. The monoisotopic (exact) mass is 238 g/mol. The van der Waals surface area contributed by atoms with Crippen LogP contribution in [0.2, 0.25) is 0 Å². The van der Waals surface area contributed by atoms with E-state index in [9.17, 15) is 4.79 Å². The molecular formula is C12H14O5. The van der Waals surface area contributed by atoms with E-state index in [4.69, 9.17) is 14.2 Å². The third-order valence-corrected chi connectivity index (χ3v) is 1.93. The van der Waals surface area contributed by atoms with E-state index in [1.807, 2.05) is 0 Å². The Morgan fingerprint density at radius 3 is 2.94 bits per heavy atom. The molecule has 0 aromatic heterocycles. The van der Waals surface area contributed by atoms with Crippen molar-refractivity contribution in [2.75, 3.05) is 20.3 Å². The first-order valence-electron chi connectivity index (χ1n) is 4.94. The van der Waals surface area contributed by atoms with Crippen molar-refractivity contribution in [2.45, 2.75) is 6.10 Å². The minimum absolute atomic E-state index is 0.167. The average Bonchev–Trinajstić information content (AvgIpc) is 2.73. The maximum atomic E-state index is 10.7. The largest absolute Gasteiger partial charge is 0.508 e. The first kappa shape index (κ1) is 12.9. The molecule has 0 bridgehead atoms. The maximum Gasteiger partial charge on any atom is 0.508 e. The fraction of sp³-hybridized carbons (Fsp3) is 0.333. The Morgan fingerprint density at radius 1 is 1.71 bits per heavy atom. The highest BCUT2D eigenvalue weighted by molar-refractivity contribution is 5.61. The maximum absolute atomic E-state index is 10.7. The van der Waals surface area contributed by atoms with Crippen molar-refractivity contribution >= 4 is 6.16 Å². The van der Waals surface area contributed by atoms with Crippen molar-refractivity contribution < 1.29 is 23.7 Å². The van der Waals surface area contributed by atoms with E-state index in [1.54, 1.807) is 12.2 Å². The molecule has 0 saturated carbocycles. The average molecular weight is 238 g/mol. The van der Waals surface area contributed by atoms with Crippen LogP contribution in [0.4, 0.5) is 4.79 Å². The van der Waals surface area contributed by atoms with Gasteiger partial charge in [0.25, 0.3) is 0 Å². The number of rotatable bonds is 6. The summed E-state index contributed by atoms with van der Waals surface area (Å²) in [6.45, 7) is 7.38. The molecule has 1 aliphatic rings. The summed E-state index contributed by atoms with van der Waals surface area (Å²) in [5.74, 6) is 0.774. The molecule has 0 N–H and O–H groups in total. The zero-order valence-electron chi connectivity index (χ0n) is 9.60. The third kappa shape index (κ3) is 3.74. The summed E-state index contributed by atoms with van der Waals surface area (Å²) in [4.78, 5) is 10.7. The lowest BCUT2D eigenvalue weighted by Gasteiger charge is -2.12. The van der Waals surface area contributed by atoms with Crippen LogP contribution in [0.5, 0.6) is 0 Å². The van der Waals surface area contributed by atoms with Crippen LogP contribution in [-0.4, -0.2) is 32.6 Å². The van der Waals surface area contributed by atoms with Crippen molar-refractivity contribution in [1.82, 2.24) is 0 Å². The highest BCUT2D eigenvalue weighted by Gasteiger charge is 2.26. The predicted octanol–water partition coefficient (Wildman–Crippen LogP) is 1.92. The molecule has 1 saturated heterocycles. The molecule has 1 rings (SSSR count). The molecular weight excluding hydrogens is 224 g/mol. The van der Waals surface area contributed by atoms with Crippen LogP contribution in [-0.2, 0) is 18.9 Å². The summed E-state index contributed by atoms with van der Waals surface area (Å²) in [5.41, 5.74) is 2.59. The number of cyclic esters (lactones) is 2. The Kier molecular flexibility index (Phi) is 4.91. The number of hydrogen-bond acceptors (Lipinski definition) is 5. The van der Waals surface area contributed by atoms with Gasteiger partial charge < -0.3 is 18.9 Å². The summed E-state index contributed by atoms with van der Waals surface area (Å²) in [6.07, 6.45) is 2.05. The molecule has 0 spiro atoms.